The van der Waals surface area contributed by atoms with E-state index in [1.54, 1.807) is 18.3 Å². The number of aromatic nitrogens is 3. The first-order chi connectivity index (χ1) is 9.67. The van der Waals surface area contributed by atoms with Crippen LogP contribution in [0.4, 0.5) is 5.95 Å². The number of hydrogen-bond donors (Lipinski definition) is 1. The van der Waals surface area contributed by atoms with Crippen LogP contribution in [0.2, 0.25) is 10.3 Å². The van der Waals surface area contributed by atoms with Crippen molar-refractivity contribution in [2.24, 2.45) is 0 Å². The topological polar surface area (TPSA) is 74.5 Å². The van der Waals surface area contributed by atoms with E-state index >= 15 is 0 Å². The molecule has 0 aliphatic heterocycles. The molecule has 1 fully saturated rings. The van der Waals surface area contributed by atoms with Gasteiger partial charge in [0, 0.05) is 17.8 Å². The Kier molecular flexibility index (Phi) is 3.43. The molecule has 0 spiro atoms. The molecule has 1 saturated carbocycles. The van der Waals surface area contributed by atoms with Gasteiger partial charge >= 0.3 is 0 Å². The second-order valence-corrected chi connectivity index (χ2v) is 5.20. The highest BCUT2D eigenvalue weighted by Gasteiger charge is 2.23. The Morgan fingerprint density at radius 1 is 1.30 bits per heavy atom. The molecule has 0 atom stereocenters. The Labute approximate surface area is 125 Å². The maximum Gasteiger partial charge on any atom is 0.224 e. The monoisotopic (exact) mass is 305 g/mol. The van der Waals surface area contributed by atoms with E-state index in [0.717, 1.165) is 12.8 Å². The average molecular weight is 306 g/mol. The number of halogens is 2. The van der Waals surface area contributed by atoms with Crippen LogP contribution < -0.4 is 5.32 Å². The molecular weight excluding hydrogens is 297 g/mol. The highest BCUT2D eigenvalue weighted by molar-refractivity contribution is 6.31. The predicted molar refractivity (Wildman–Crippen MR) is 76.6 cm³/mol. The van der Waals surface area contributed by atoms with Crippen LogP contribution >= 0.6 is 23.2 Å². The Bertz CT molecular complexity index is 706. The first kappa shape index (κ1) is 13.1. The summed E-state index contributed by atoms with van der Waals surface area (Å²) in [5.41, 5.74) is 1.37. The molecule has 0 bridgehead atoms. The van der Waals surface area contributed by atoms with Crippen molar-refractivity contribution >= 4 is 29.2 Å². The molecule has 3 rings (SSSR count). The molecule has 1 aliphatic carbocycles. The summed E-state index contributed by atoms with van der Waals surface area (Å²) in [6.07, 6.45) is 3.75. The molecule has 1 N–H and O–H groups in total. The van der Waals surface area contributed by atoms with Crippen molar-refractivity contribution in [3.05, 3.63) is 34.2 Å². The minimum Gasteiger partial charge on any atom is -0.351 e. The summed E-state index contributed by atoms with van der Waals surface area (Å²) in [6, 6.07) is 5.80. The molecule has 1 aliphatic rings. The van der Waals surface area contributed by atoms with Gasteiger partial charge in [-0.25, -0.2) is 9.97 Å². The van der Waals surface area contributed by atoms with Gasteiger partial charge < -0.3 is 5.32 Å². The molecule has 0 aromatic carbocycles. The highest BCUT2D eigenvalue weighted by Crippen LogP contribution is 2.30. The lowest BCUT2D eigenvalue weighted by Gasteiger charge is -2.09. The fourth-order valence-corrected chi connectivity index (χ4v) is 2.15. The molecule has 0 saturated heterocycles. The van der Waals surface area contributed by atoms with Crippen LogP contribution in [-0.2, 0) is 0 Å². The summed E-state index contributed by atoms with van der Waals surface area (Å²) in [6.45, 7) is 0. The molecule has 20 heavy (non-hydrogen) atoms. The third kappa shape index (κ3) is 2.67. The lowest BCUT2D eigenvalue weighted by molar-refractivity contribution is 1.05. The number of nitrogens with one attached hydrogen (secondary N) is 1. The van der Waals surface area contributed by atoms with Crippen molar-refractivity contribution in [3.8, 4) is 17.3 Å². The lowest BCUT2D eigenvalue weighted by Crippen LogP contribution is -2.07. The van der Waals surface area contributed by atoms with Crippen molar-refractivity contribution in [1.29, 1.82) is 5.26 Å². The van der Waals surface area contributed by atoms with Gasteiger partial charge in [-0.1, -0.05) is 23.2 Å². The predicted octanol–water partition coefficient (Wildman–Crippen LogP) is 3.29. The number of rotatable bonds is 3. The van der Waals surface area contributed by atoms with E-state index in [4.69, 9.17) is 23.2 Å². The van der Waals surface area contributed by atoms with E-state index in [1.165, 1.54) is 0 Å². The number of anilines is 1. The maximum absolute atomic E-state index is 9.23. The van der Waals surface area contributed by atoms with Crippen molar-refractivity contribution in [2.45, 2.75) is 18.9 Å². The standard InChI is InChI=1S/C13H9Cl2N5/c14-10-5-7(3-4-17-10)11-9(6-16)12(15)20-13(19-11)18-8-1-2-8/h3-5,8H,1-2H2,(H,18,19,20). The molecule has 100 valence electrons. The number of hydrogen-bond acceptors (Lipinski definition) is 5. The SMILES string of the molecule is N#Cc1c(Cl)nc(NC2CC2)nc1-c1ccnc(Cl)c1. The summed E-state index contributed by atoms with van der Waals surface area (Å²) >= 11 is 11.9. The van der Waals surface area contributed by atoms with Crippen LogP contribution in [0.5, 0.6) is 0 Å². The van der Waals surface area contributed by atoms with Crippen molar-refractivity contribution in [2.75, 3.05) is 5.32 Å². The van der Waals surface area contributed by atoms with Gasteiger partial charge in [0.15, 0.2) is 5.15 Å². The summed E-state index contributed by atoms with van der Waals surface area (Å²) in [5.74, 6) is 0.430. The lowest BCUT2D eigenvalue weighted by atomic mass is 10.1. The first-order valence-electron chi connectivity index (χ1n) is 6.03. The fourth-order valence-electron chi connectivity index (χ4n) is 1.77. The smallest absolute Gasteiger partial charge is 0.224 e. The molecular formula is C13H9Cl2N5. The minimum atomic E-state index is 0.133. The first-order valence-corrected chi connectivity index (χ1v) is 6.79. The van der Waals surface area contributed by atoms with Crippen LogP contribution in [-0.4, -0.2) is 21.0 Å². The third-order valence-corrected chi connectivity index (χ3v) is 3.37. The van der Waals surface area contributed by atoms with Crippen LogP contribution in [0.1, 0.15) is 18.4 Å². The zero-order valence-electron chi connectivity index (χ0n) is 10.3. The highest BCUT2D eigenvalue weighted by atomic mass is 35.5. The second-order valence-electron chi connectivity index (χ2n) is 4.46. The summed E-state index contributed by atoms with van der Waals surface area (Å²) in [7, 11) is 0. The van der Waals surface area contributed by atoms with Gasteiger partial charge in [-0.15, -0.1) is 0 Å². The second kappa shape index (κ2) is 5.23. The molecule has 2 heterocycles. The van der Waals surface area contributed by atoms with Gasteiger partial charge in [-0.2, -0.15) is 10.2 Å². The molecule has 5 nitrogen and oxygen atoms in total. The Morgan fingerprint density at radius 3 is 2.75 bits per heavy atom. The number of nitrogens with zero attached hydrogens (tertiary/aromatic N) is 4. The van der Waals surface area contributed by atoms with Gasteiger partial charge in [0.2, 0.25) is 5.95 Å². The number of nitriles is 1. The van der Waals surface area contributed by atoms with Gasteiger partial charge in [0.25, 0.3) is 0 Å². The molecule has 0 amide bonds. The van der Waals surface area contributed by atoms with Crippen LogP contribution in [0.15, 0.2) is 18.3 Å². The molecule has 2 aromatic rings. The maximum atomic E-state index is 9.23. The molecule has 2 aromatic heterocycles. The number of pyridine rings is 1. The Hall–Kier alpha value is -1.90. The van der Waals surface area contributed by atoms with Crippen LogP contribution in [0.3, 0.4) is 0 Å². The van der Waals surface area contributed by atoms with Gasteiger partial charge in [0.1, 0.15) is 16.8 Å². The minimum absolute atomic E-state index is 0.133. The summed E-state index contributed by atoms with van der Waals surface area (Å²) < 4.78 is 0. The van der Waals surface area contributed by atoms with Crippen molar-refractivity contribution < 1.29 is 0 Å². The van der Waals surface area contributed by atoms with E-state index in [2.05, 4.69) is 20.3 Å². The molecule has 7 heteroatoms. The largest absolute Gasteiger partial charge is 0.351 e. The summed E-state index contributed by atoms with van der Waals surface area (Å²) in [5, 5.41) is 12.9. The van der Waals surface area contributed by atoms with Gasteiger partial charge in [-0.05, 0) is 25.0 Å². The molecule has 0 unspecified atom stereocenters. The third-order valence-electron chi connectivity index (χ3n) is 2.89. The quantitative estimate of drug-likeness (QED) is 0.695. The van der Waals surface area contributed by atoms with Gasteiger partial charge in [0.05, 0.1) is 5.69 Å². The summed E-state index contributed by atoms with van der Waals surface area (Å²) in [4.78, 5) is 12.4. The molecule has 0 radical (unpaired) electrons. The fraction of sp³-hybridized carbons (Fsp3) is 0.231. The normalized spacial score (nSPS) is 13.8. The van der Waals surface area contributed by atoms with E-state index in [0.29, 0.717) is 28.4 Å². The van der Waals surface area contributed by atoms with Gasteiger partial charge in [-0.3, -0.25) is 0 Å². The van der Waals surface area contributed by atoms with Crippen molar-refractivity contribution in [1.82, 2.24) is 15.0 Å². The van der Waals surface area contributed by atoms with E-state index in [1.807, 2.05) is 6.07 Å². The van der Waals surface area contributed by atoms with Crippen LogP contribution in [0, 0.1) is 11.3 Å². The Balaban J connectivity index is 2.11. The zero-order valence-corrected chi connectivity index (χ0v) is 11.8. The van der Waals surface area contributed by atoms with Crippen LogP contribution in [0.25, 0.3) is 11.3 Å². The van der Waals surface area contributed by atoms with E-state index in [-0.39, 0.29) is 10.7 Å². The van der Waals surface area contributed by atoms with Crippen molar-refractivity contribution in [3.63, 3.8) is 0 Å². The average Bonchev–Trinajstić information content (AvgIpc) is 3.22. The zero-order chi connectivity index (χ0) is 14.1. The van der Waals surface area contributed by atoms with E-state index in [9.17, 15) is 5.26 Å². The van der Waals surface area contributed by atoms with E-state index < -0.39 is 0 Å². The Morgan fingerprint density at radius 2 is 2.10 bits per heavy atom.